The third kappa shape index (κ3) is 4.94. The first-order chi connectivity index (χ1) is 15.7. The van der Waals surface area contributed by atoms with Crippen LogP contribution in [0.15, 0.2) is 33.9 Å². The predicted octanol–water partition coefficient (Wildman–Crippen LogP) is 4.69. The number of thioether (sulfide) groups is 1. The SMILES string of the molecule is CC1CCN(c2nnc(SCc3nc(-c4cccc(Cl)c4)no3)n2CC2CCCO2)CC1. The van der Waals surface area contributed by atoms with Crippen molar-refractivity contribution in [2.45, 2.75) is 56.2 Å². The third-order valence-electron chi connectivity index (χ3n) is 6.05. The van der Waals surface area contributed by atoms with Crippen molar-refractivity contribution in [2.24, 2.45) is 5.92 Å². The number of anilines is 1. The van der Waals surface area contributed by atoms with Gasteiger partial charge < -0.3 is 14.2 Å². The Bertz CT molecular complexity index is 1040. The van der Waals surface area contributed by atoms with Crippen LogP contribution >= 0.6 is 23.4 Å². The van der Waals surface area contributed by atoms with Crippen LogP contribution in [0.4, 0.5) is 5.95 Å². The van der Waals surface area contributed by atoms with Crippen molar-refractivity contribution in [3.05, 3.63) is 35.2 Å². The van der Waals surface area contributed by atoms with Gasteiger partial charge in [-0.2, -0.15) is 4.98 Å². The molecule has 2 aliphatic heterocycles. The van der Waals surface area contributed by atoms with Crippen LogP contribution in [0.5, 0.6) is 0 Å². The summed E-state index contributed by atoms with van der Waals surface area (Å²) in [6.45, 7) is 5.95. The molecule has 2 aromatic heterocycles. The van der Waals surface area contributed by atoms with Crippen molar-refractivity contribution in [1.29, 1.82) is 0 Å². The molecule has 2 saturated heterocycles. The summed E-state index contributed by atoms with van der Waals surface area (Å²) in [7, 11) is 0. The molecule has 0 bridgehead atoms. The molecular weight excluding hydrogens is 448 g/mol. The zero-order valence-corrected chi connectivity index (χ0v) is 19.7. The molecule has 0 N–H and O–H groups in total. The normalized spacial score (nSPS) is 19.7. The van der Waals surface area contributed by atoms with Crippen molar-refractivity contribution in [1.82, 2.24) is 24.9 Å². The smallest absolute Gasteiger partial charge is 0.237 e. The molecule has 0 amide bonds. The average molecular weight is 475 g/mol. The summed E-state index contributed by atoms with van der Waals surface area (Å²) >= 11 is 7.65. The predicted molar refractivity (Wildman–Crippen MR) is 124 cm³/mol. The van der Waals surface area contributed by atoms with Gasteiger partial charge in [0.2, 0.25) is 17.7 Å². The Morgan fingerprint density at radius 3 is 2.84 bits per heavy atom. The lowest BCUT2D eigenvalue weighted by atomic mass is 10.00. The van der Waals surface area contributed by atoms with Gasteiger partial charge in [0, 0.05) is 30.3 Å². The van der Waals surface area contributed by atoms with E-state index < -0.39 is 0 Å². The largest absolute Gasteiger partial charge is 0.376 e. The van der Waals surface area contributed by atoms with Gasteiger partial charge in [0.1, 0.15) is 0 Å². The summed E-state index contributed by atoms with van der Waals surface area (Å²) in [5.74, 6) is 3.31. The first-order valence-corrected chi connectivity index (χ1v) is 12.5. The van der Waals surface area contributed by atoms with E-state index in [1.807, 2.05) is 24.3 Å². The highest BCUT2D eigenvalue weighted by Gasteiger charge is 2.26. The van der Waals surface area contributed by atoms with Crippen LogP contribution in [0.25, 0.3) is 11.4 Å². The number of hydrogen-bond donors (Lipinski definition) is 0. The van der Waals surface area contributed by atoms with E-state index in [1.165, 1.54) is 12.8 Å². The second-order valence-corrected chi connectivity index (χ2v) is 9.89. The van der Waals surface area contributed by atoms with Crippen LogP contribution < -0.4 is 4.90 Å². The van der Waals surface area contributed by atoms with Crippen molar-refractivity contribution in [2.75, 3.05) is 24.6 Å². The maximum Gasteiger partial charge on any atom is 0.237 e. The molecule has 0 saturated carbocycles. The molecule has 8 nitrogen and oxygen atoms in total. The highest BCUT2D eigenvalue weighted by molar-refractivity contribution is 7.98. The van der Waals surface area contributed by atoms with E-state index in [0.717, 1.165) is 61.7 Å². The molecule has 0 aliphatic carbocycles. The molecular formula is C22H27ClN6O2S. The molecule has 1 unspecified atom stereocenters. The van der Waals surface area contributed by atoms with Gasteiger partial charge in [-0.25, -0.2) is 0 Å². The van der Waals surface area contributed by atoms with E-state index >= 15 is 0 Å². The van der Waals surface area contributed by atoms with E-state index in [0.29, 0.717) is 22.5 Å². The first kappa shape index (κ1) is 21.7. The van der Waals surface area contributed by atoms with Crippen LogP contribution in [0.1, 0.15) is 38.5 Å². The number of rotatable bonds is 7. The van der Waals surface area contributed by atoms with Gasteiger partial charge in [-0.15, -0.1) is 10.2 Å². The van der Waals surface area contributed by atoms with Gasteiger partial charge in [-0.1, -0.05) is 47.6 Å². The molecule has 2 aliphatic rings. The van der Waals surface area contributed by atoms with Crippen LogP contribution in [0, 0.1) is 5.92 Å². The second-order valence-electron chi connectivity index (χ2n) is 8.51. The number of hydrogen-bond acceptors (Lipinski definition) is 8. The minimum absolute atomic E-state index is 0.214. The molecule has 5 rings (SSSR count). The van der Waals surface area contributed by atoms with Crippen molar-refractivity contribution in [3.8, 4) is 11.4 Å². The van der Waals surface area contributed by atoms with Crippen LogP contribution in [-0.4, -0.2) is 50.7 Å². The number of halogens is 1. The van der Waals surface area contributed by atoms with Crippen molar-refractivity contribution in [3.63, 3.8) is 0 Å². The molecule has 10 heteroatoms. The molecule has 3 aromatic rings. The maximum absolute atomic E-state index is 6.08. The van der Waals surface area contributed by atoms with Gasteiger partial charge in [-0.05, 0) is 43.7 Å². The topological polar surface area (TPSA) is 82.1 Å². The zero-order valence-electron chi connectivity index (χ0n) is 18.1. The minimum Gasteiger partial charge on any atom is -0.376 e. The lowest BCUT2D eigenvalue weighted by Crippen LogP contribution is -2.35. The van der Waals surface area contributed by atoms with E-state index in [2.05, 4.69) is 36.7 Å². The Hall–Kier alpha value is -2.10. The second kappa shape index (κ2) is 9.80. The quantitative estimate of drug-likeness (QED) is 0.456. The molecule has 2 fully saturated rings. The Kier molecular flexibility index (Phi) is 6.66. The molecule has 0 spiro atoms. The number of piperidine rings is 1. The van der Waals surface area contributed by atoms with Gasteiger partial charge >= 0.3 is 0 Å². The standard InChI is InChI=1S/C22H27ClN6O2S/c1-15-7-9-28(10-8-15)21-25-26-22(29(21)13-18-6-3-11-30-18)32-14-19-24-20(27-31-19)16-4-2-5-17(23)12-16/h2,4-5,12,15,18H,3,6-11,13-14H2,1H3. The first-order valence-electron chi connectivity index (χ1n) is 11.2. The molecule has 170 valence electrons. The zero-order chi connectivity index (χ0) is 21.9. The average Bonchev–Trinajstić information content (AvgIpc) is 3.55. The minimum atomic E-state index is 0.214. The molecule has 4 heterocycles. The fourth-order valence-corrected chi connectivity index (χ4v) is 5.14. The number of aromatic nitrogens is 5. The Balaban J connectivity index is 1.31. The summed E-state index contributed by atoms with van der Waals surface area (Å²) in [5.41, 5.74) is 0.834. The van der Waals surface area contributed by atoms with Gasteiger partial charge in [0.05, 0.1) is 18.4 Å². The summed E-state index contributed by atoms with van der Waals surface area (Å²) in [5, 5.41) is 14.7. The summed E-state index contributed by atoms with van der Waals surface area (Å²) in [6.07, 6.45) is 4.77. The summed E-state index contributed by atoms with van der Waals surface area (Å²) in [6, 6.07) is 7.44. The number of nitrogens with zero attached hydrogens (tertiary/aromatic N) is 6. The van der Waals surface area contributed by atoms with Crippen LogP contribution in [0.3, 0.4) is 0 Å². The van der Waals surface area contributed by atoms with Gasteiger partial charge in [0.25, 0.3) is 0 Å². The Morgan fingerprint density at radius 1 is 1.19 bits per heavy atom. The Morgan fingerprint density at radius 2 is 2.06 bits per heavy atom. The van der Waals surface area contributed by atoms with E-state index in [-0.39, 0.29) is 6.10 Å². The monoisotopic (exact) mass is 474 g/mol. The van der Waals surface area contributed by atoms with Crippen molar-refractivity contribution >= 4 is 29.3 Å². The lowest BCUT2D eigenvalue weighted by Gasteiger charge is -2.31. The van der Waals surface area contributed by atoms with E-state index in [1.54, 1.807) is 11.8 Å². The summed E-state index contributed by atoms with van der Waals surface area (Å²) < 4.78 is 13.6. The van der Waals surface area contributed by atoms with E-state index in [4.69, 9.17) is 20.9 Å². The maximum atomic E-state index is 6.08. The third-order valence-corrected chi connectivity index (χ3v) is 7.24. The number of benzene rings is 1. The molecule has 1 atom stereocenters. The van der Waals surface area contributed by atoms with Crippen LogP contribution in [-0.2, 0) is 17.0 Å². The highest BCUT2D eigenvalue weighted by atomic mass is 35.5. The highest BCUT2D eigenvalue weighted by Crippen LogP contribution is 2.30. The fourth-order valence-electron chi connectivity index (χ4n) is 4.17. The summed E-state index contributed by atoms with van der Waals surface area (Å²) in [4.78, 5) is 6.88. The van der Waals surface area contributed by atoms with Crippen molar-refractivity contribution < 1.29 is 9.26 Å². The van der Waals surface area contributed by atoms with Crippen LogP contribution in [0.2, 0.25) is 5.02 Å². The lowest BCUT2D eigenvalue weighted by molar-refractivity contribution is 0.0951. The fraction of sp³-hybridized carbons (Fsp3) is 0.545. The molecule has 1 aromatic carbocycles. The molecule has 32 heavy (non-hydrogen) atoms. The number of ether oxygens (including phenoxy) is 1. The molecule has 0 radical (unpaired) electrons. The van der Waals surface area contributed by atoms with Gasteiger partial charge in [0.15, 0.2) is 5.16 Å². The Labute approximate surface area is 196 Å². The van der Waals surface area contributed by atoms with Gasteiger partial charge in [-0.3, -0.25) is 4.57 Å². The van der Waals surface area contributed by atoms with E-state index in [9.17, 15) is 0 Å².